The van der Waals surface area contributed by atoms with Gasteiger partial charge in [-0.25, -0.2) is 13.1 Å². The van der Waals surface area contributed by atoms with Crippen molar-refractivity contribution in [2.24, 2.45) is 0 Å². The van der Waals surface area contributed by atoms with Crippen molar-refractivity contribution in [3.8, 4) is 0 Å². The smallest absolute Gasteiger partial charge is 0.211 e. The first-order chi connectivity index (χ1) is 8.38. The summed E-state index contributed by atoms with van der Waals surface area (Å²) in [5, 5.41) is 0.636. The summed E-state index contributed by atoms with van der Waals surface area (Å²) < 4.78 is 27.3. The Bertz CT molecular complexity index is 488. The molecule has 0 aliphatic heterocycles. The Morgan fingerprint density at radius 2 is 2.17 bits per heavy atom. The van der Waals surface area contributed by atoms with Crippen molar-refractivity contribution < 1.29 is 8.42 Å². The van der Waals surface area contributed by atoms with Gasteiger partial charge in [0.1, 0.15) is 4.90 Å². The molecule has 0 fully saturated rings. The van der Waals surface area contributed by atoms with Crippen LogP contribution in [-0.4, -0.2) is 26.5 Å². The number of nitrogens with one attached hydrogen (secondary N) is 1. The Hall–Kier alpha value is 0.250. The topological polar surface area (TPSA) is 46.2 Å². The number of hydrogen-bond acceptors (Lipinski definition) is 3. The lowest BCUT2D eigenvalue weighted by molar-refractivity contribution is 0.578. The Kier molecular flexibility index (Phi) is 6.47. The predicted octanol–water partition coefficient (Wildman–Crippen LogP) is 3.52. The molecule has 0 bridgehead atoms. The second-order valence-corrected chi connectivity index (χ2v) is 8.03. The van der Waals surface area contributed by atoms with E-state index in [2.05, 4.69) is 27.6 Å². The van der Waals surface area contributed by atoms with Crippen LogP contribution in [0.2, 0.25) is 5.02 Å². The summed E-state index contributed by atoms with van der Waals surface area (Å²) in [6, 6.07) is 4.91. The SMILES string of the molecule is CSC(C)CCNS(=O)(=O)c1c(Cl)cccc1Br. The normalized spacial score (nSPS) is 13.6. The highest BCUT2D eigenvalue weighted by atomic mass is 79.9. The van der Waals surface area contributed by atoms with E-state index in [9.17, 15) is 8.42 Å². The maximum absolute atomic E-state index is 12.1. The molecule has 0 saturated carbocycles. The van der Waals surface area contributed by atoms with Crippen LogP contribution in [0.25, 0.3) is 0 Å². The van der Waals surface area contributed by atoms with Gasteiger partial charge in [-0.15, -0.1) is 0 Å². The van der Waals surface area contributed by atoms with E-state index in [4.69, 9.17) is 11.6 Å². The Morgan fingerprint density at radius 1 is 1.50 bits per heavy atom. The molecule has 1 aromatic carbocycles. The summed E-state index contributed by atoms with van der Waals surface area (Å²) in [6.45, 7) is 2.46. The fourth-order valence-corrected chi connectivity index (χ4v) is 4.46. The van der Waals surface area contributed by atoms with Crippen LogP contribution in [-0.2, 0) is 10.0 Å². The molecule has 0 radical (unpaired) electrons. The number of sulfonamides is 1. The van der Waals surface area contributed by atoms with Crippen molar-refractivity contribution in [2.75, 3.05) is 12.8 Å². The predicted molar refractivity (Wildman–Crippen MR) is 81.9 cm³/mol. The fraction of sp³-hybridized carbons (Fsp3) is 0.455. The molecule has 1 rings (SSSR count). The van der Waals surface area contributed by atoms with Crippen LogP contribution in [0, 0.1) is 0 Å². The van der Waals surface area contributed by atoms with E-state index in [1.165, 1.54) is 0 Å². The number of hydrogen-bond donors (Lipinski definition) is 1. The van der Waals surface area contributed by atoms with Gasteiger partial charge in [0, 0.05) is 16.3 Å². The zero-order chi connectivity index (χ0) is 13.8. The van der Waals surface area contributed by atoms with Crippen LogP contribution < -0.4 is 4.72 Å². The first kappa shape index (κ1) is 16.3. The number of rotatable bonds is 6. The molecule has 1 unspecified atom stereocenters. The molecule has 0 aliphatic rings. The highest BCUT2D eigenvalue weighted by Gasteiger charge is 2.20. The summed E-state index contributed by atoms with van der Waals surface area (Å²) >= 11 is 10.8. The van der Waals surface area contributed by atoms with Gasteiger partial charge in [0.25, 0.3) is 0 Å². The molecule has 0 aromatic heterocycles. The van der Waals surface area contributed by atoms with E-state index in [1.807, 2.05) is 6.26 Å². The molecule has 102 valence electrons. The van der Waals surface area contributed by atoms with Crippen LogP contribution in [0.3, 0.4) is 0 Å². The molecular formula is C11H15BrClNO2S2. The molecular weight excluding hydrogens is 358 g/mol. The van der Waals surface area contributed by atoms with E-state index >= 15 is 0 Å². The summed E-state index contributed by atoms with van der Waals surface area (Å²) in [5.74, 6) is 0. The van der Waals surface area contributed by atoms with Gasteiger partial charge in [-0.1, -0.05) is 24.6 Å². The molecule has 0 aliphatic carbocycles. The fourth-order valence-electron chi connectivity index (χ4n) is 1.33. The first-order valence-electron chi connectivity index (χ1n) is 5.35. The van der Waals surface area contributed by atoms with E-state index in [1.54, 1.807) is 30.0 Å². The Labute approximate surface area is 126 Å². The van der Waals surface area contributed by atoms with E-state index in [-0.39, 0.29) is 9.92 Å². The Morgan fingerprint density at radius 3 is 2.72 bits per heavy atom. The average molecular weight is 373 g/mol. The van der Waals surface area contributed by atoms with Crippen LogP contribution in [0.4, 0.5) is 0 Å². The zero-order valence-electron chi connectivity index (χ0n) is 10.1. The van der Waals surface area contributed by atoms with Crippen molar-refractivity contribution in [1.82, 2.24) is 4.72 Å². The first-order valence-corrected chi connectivity index (χ1v) is 9.29. The quantitative estimate of drug-likeness (QED) is 0.831. The minimum Gasteiger partial charge on any atom is -0.211 e. The average Bonchev–Trinajstić information content (AvgIpc) is 2.27. The van der Waals surface area contributed by atoms with Crippen molar-refractivity contribution in [3.05, 3.63) is 27.7 Å². The van der Waals surface area contributed by atoms with Crippen LogP contribution in [0.1, 0.15) is 13.3 Å². The second kappa shape index (κ2) is 7.14. The molecule has 0 heterocycles. The van der Waals surface area contributed by atoms with Gasteiger partial charge in [0.15, 0.2) is 0 Å². The molecule has 1 N–H and O–H groups in total. The van der Waals surface area contributed by atoms with Gasteiger partial charge in [0.05, 0.1) is 5.02 Å². The van der Waals surface area contributed by atoms with Crippen LogP contribution >= 0.6 is 39.3 Å². The Balaban J connectivity index is 2.81. The van der Waals surface area contributed by atoms with Crippen LogP contribution in [0.15, 0.2) is 27.6 Å². The van der Waals surface area contributed by atoms with Gasteiger partial charge in [-0.3, -0.25) is 0 Å². The van der Waals surface area contributed by atoms with Gasteiger partial charge in [0.2, 0.25) is 10.0 Å². The van der Waals surface area contributed by atoms with Crippen molar-refractivity contribution in [1.29, 1.82) is 0 Å². The van der Waals surface area contributed by atoms with Crippen molar-refractivity contribution >= 4 is 49.3 Å². The molecule has 0 amide bonds. The maximum atomic E-state index is 12.1. The van der Waals surface area contributed by atoms with E-state index in [0.717, 1.165) is 6.42 Å². The van der Waals surface area contributed by atoms with E-state index < -0.39 is 10.0 Å². The number of halogens is 2. The third-order valence-corrected chi connectivity index (χ3v) is 6.39. The zero-order valence-corrected chi connectivity index (χ0v) is 14.1. The lowest BCUT2D eigenvalue weighted by Crippen LogP contribution is -2.26. The molecule has 7 heteroatoms. The lowest BCUT2D eigenvalue weighted by Gasteiger charge is -2.12. The molecule has 1 atom stereocenters. The third-order valence-electron chi connectivity index (χ3n) is 2.43. The molecule has 0 spiro atoms. The third kappa shape index (κ3) is 4.42. The van der Waals surface area contributed by atoms with Gasteiger partial charge in [-0.2, -0.15) is 11.8 Å². The lowest BCUT2D eigenvalue weighted by atomic mass is 10.3. The monoisotopic (exact) mass is 371 g/mol. The summed E-state index contributed by atoms with van der Waals surface area (Å²) in [5.41, 5.74) is 0. The molecule has 0 saturated heterocycles. The standard InChI is InChI=1S/C11H15BrClNO2S2/c1-8(17-2)6-7-14-18(15,16)11-9(12)4-3-5-10(11)13/h3-5,8,14H,6-7H2,1-2H3. The summed E-state index contributed by atoms with van der Waals surface area (Å²) in [7, 11) is -3.56. The van der Waals surface area contributed by atoms with Gasteiger partial charge >= 0.3 is 0 Å². The molecule has 3 nitrogen and oxygen atoms in total. The second-order valence-electron chi connectivity index (χ2n) is 3.78. The molecule has 1 aromatic rings. The van der Waals surface area contributed by atoms with Gasteiger partial charge in [-0.05, 0) is 40.7 Å². The molecule has 18 heavy (non-hydrogen) atoms. The van der Waals surface area contributed by atoms with Crippen LogP contribution in [0.5, 0.6) is 0 Å². The largest absolute Gasteiger partial charge is 0.243 e. The minimum atomic E-state index is -3.56. The summed E-state index contributed by atoms with van der Waals surface area (Å²) in [4.78, 5) is 0.100. The van der Waals surface area contributed by atoms with Crippen molar-refractivity contribution in [2.45, 2.75) is 23.5 Å². The maximum Gasteiger partial charge on any atom is 0.243 e. The highest BCUT2D eigenvalue weighted by molar-refractivity contribution is 9.10. The van der Waals surface area contributed by atoms with Gasteiger partial charge < -0.3 is 0 Å². The van der Waals surface area contributed by atoms with Crippen molar-refractivity contribution in [3.63, 3.8) is 0 Å². The summed E-state index contributed by atoms with van der Waals surface area (Å²) in [6.07, 6.45) is 2.78. The highest BCUT2D eigenvalue weighted by Crippen LogP contribution is 2.29. The number of thioether (sulfide) groups is 1. The number of benzene rings is 1. The van der Waals surface area contributed by atoms with E-state index in [0.29, 0.717) is 16.3 Å². The minimum absolute atomic E-state index is 0.100.